The minimum atomic E-state index is 0.0355. The number of nitrogens with one attached hydrogen (secondary N) is 2. The SMILES string of the molecule is COCC1(CNC(=O)CCOc2cc(C)cc(C)c2)CCNCC1. The maximum atomic E-state index is 12.1. The Morgan fingerprint density at radius 3 is 2.50 bits per heavy atom. The summed E-state index contributed by atoms with van der Waals surface area (Å²) in [5.41, 5.74) is 2.40. The van der Waals surface area contributed by atoms with E-state index in [0.717, 1.165) is 31.7 Å². The van der Waals surface area contributed by atoms with Crippen molar-refractivity contribution in [1.29, 1.82) is 0 Å². The van der Waals surface area contributed by atoms with E-state index in [9.17, 15) is 4.79 Å². The van der Waals surface area contributed by atoms with Gasteiger partial charge in [-0.1, -0.05) is 6.07 Å². The van der Waals surface area contributed by atoms with E-state index in [2.05, 4.69) is 16.7 Å². The second-order valence-corrected chi connectivity index (χ2v) is 6.88. The van der Waals surface area contributed by atoms with Crippen LogP contribution in [0, 0.1) is 19.3 Å². The molecular formula is C19H30N2O3. The Kier molecular flexibility index (Phi) is 7.06. The lowest BCUT2D eigenvalue weighted by Gasteiger charge is -2.37. The fourth-order valence-corrected chi connectivity index (χ4v) is 3.29. The topological polar surface area (TPSA) is 59.6 Å². The molecule has 1 fully saturated rings. The highest BCUT2D eigenvalue weighted by Gasteiger charge is 2.32. The van der Waals surface area contributed by atoms with Crippen molar-refractivity contribution < 1.29 is 14.3 Å². The van der Waals surface area contributed by atoms with Gasteiger partial charge in [0.15, 0.2) is 0 Å². The monoisotopic (exact) mass is 334 g/mol. The van der Waals surface area contributed by atoms with Gasteiger partial charge in [0, 0.05) is 19.1 Å². The van der Waals surface area contributed by atoms with Gasteiger partial charge in [0.2, 0.25) is 5.91 Å². The molecule has 0 radical (unpaired) electrons. The van der Waals surface area contributed by atoms with Gasteiger partial charge in [0.25, 0.3) is 0 Å². The Hall–Kier alpha value is -1.59. The zero-order chi connectivity index (χ0) is 17.4. The zero-order valence-electron chi connectivity index (χ0n) is 15.1. The highest BCUT2D eigenvalue weighted by Crippen LogP contribution is 2.28. The summed E-state index contributed by atoms with van der Waals surface area (Å²) in [4.78, 5) is 12.1. The van der Waals surface area contributed by atoms with Crippen molar-refractivity contribution in [3.05, 3.63) is 29.3 Å². The molecule has 1 amide bonds. The van der Waals surface area contributed by atoms with Gasteiger partial charge < -0.3 is 20.1 Å². The first-order valence-electron chi connectivity index (χ1n) is 8.70. The maximum Gasteiger partial charge on any atom is 0.223 e. The largest absolute Gasteiger partial charge is 0.493 e. The van der Waals surface area contributed by atoms with E-state index in [1.165, 1.54) is 11.1 Å². The standard InChI is InChI=1S/C19H30N2O3/c1-15-10-16(2)12-17(11-15)24-9-4-18(22)21-13-19(14-23-3)5-7-20-8-6-19/h10-12,20H,4-9,13-14H2,1-3H3,(H,21,22). The lowest BCUT2D eigenvalue weighted by atomic mass is 9.79. The van der Waals surface area contributed by atoms with E-state index < -0.39 is 0 Å². The Morgan fingerprint density at radius 2 is 1.88 bits per heavy atom. The van der Waals surface area contributed by atoms with Crippen LogP contribution in [-0.2, 0) is 9.53 Å². The quantitative estimate of drug-likeness (QED) is 0.765. The van der Waals surface area contributed by atoms with Crippen LogP contribution in [0.4, 0.5) is 0 Å². The molecule has 0 spiro atoms. The summed E-state index contributed by atoms with van der Waals surface area (Å²) in [5, 5.41) is 6.42. The third kappa shape index (κ3) is 5.80. The molecule has 1 aromatic carbocycles. The Bertz CT molecular complexity index is 514. The minimum Gasteiger partial charge on any atom is -0.493 e. The number of carbonyl (C=O) groups is 1. The number of piperidine rings is 1. The smallest absolute Gasteiger partial charge is 0.223 e. The average Bonchev–Trinajstić information content (AvgIpc) is 2.53. The Morgan fingerprint density at radius 1 is 1.21 bits per heavy atom. The summed E-state index contributed by atoms with van der Waals surface area (Å²) >= 11 is 0. The molecule has 1 aliphatic heterocycles. The van der Waals surface area contributed by atoms with Crippen molar-refractivity contribution >= 4 is 5.91 Å². The third-order valence-electron chi connectivity index (χ3n) is 4.57. The van der Waals surface area contributed by atoms with Crippen LogP contribution in [0.1, 0.15) is 30.4 Å². The molecule has 2 N–H and O–H groups in total. The summed E-state index contributed by atoms with van der Waals surface area (Å²) < 4.78 is 11.1. The van der Waals surface area contributed by atoms with E-state index in [-0.39, 0.29) is 11.3 Å². The Balaban J connectivity index is 1.74. The third-order valence-corrected chi connectivity index (χ3v) is 4.57. The van der Waals surface area contributed by atoms with Gasteiger partial charge in [0.1, 0.15) is 5.75 Å². The van der Waals surface area contributed by atoms with Gasteiger partial charge in [0.05, 0.1) is 19.6 Å². The van der Waals surface area contributed by atoms with Crippen molar-refractivity contribution in [1.82, 2.24) is 10.6 Å². The van der Waals surface area contributed by atoms with Crippen LogP contribution in [-0.4, -0.2) is 45.9 Å². The molecule has 0 unspecified atom stereocenters. The van der Waals surface area contributed by atoms with Crippen LogP contribution < -0.4 is 15.4 Å². The molecule has 1 aliphatic rings. The first-order chi connectivity index (χ1) is 11.5. The molecular weight excluding hydrogens is 304 g/mol. The molecule has 0 atom stereocenters. The van der Waals surface area contributed by atoms with Crippen molar-refractivity contribution in [3.63, 3.8) is 0 Å². The van der Waals surface area contributed by atoms with Gasteiger partial charge in [-0.25, -0.2) is 0 Å². The molecule has 5 nitrogen and oxygen atoms in total. The molecule has 1 heterocycles. The normalized spacial score (nSPS) is 16.6. The molecule has 134 valence electrons. The number of methoxy groups -OCH3 is 1. The van der Waals surface area contributed by atoms with E-state index >= 15 is 0 Å². The fourth-order valence-electron chi connectivity index (χ4n) is 3.29. The first kappa shape index (κ1) is 18.7. The van der Waals surface area contributed by atoms with E-state index in [0.29, 0.717) is 26.2 Å². The number of benzene rings is 1. The molecule has 0 aliphatic carbocycles. The highest BCUT2D eigenvalue weighted by molar-refractivity contribution is 5.76. The predicted octanol–water partition coefficient (Wildman–Crippen LogP) is 2.20. The molecule has 0 bridgehead atoms. The van der Waals surface area contributed by atoms with Crippen molar-refractivity contribution in [2.75, 3.05) is 40.0 Å². The van der Waals surface area contributed by atoms with Crippen molar-refractivity contribution in [3.8, 4) is 5.75 Å². The van der Waals surface area contributed by atoms with Gasteiger partial charge in [-0.2, -0.15) is 0 Å². The maximum absolute atomic E-state index is 12.1. The summed E-state index contributed by atoms with van der Waals surface area (Å²) in [6, 6.07) is 6.09. The van der Waals surface area contributed by atoms with Gasteiger partial charge in [-0.3, -0.25) is 4.79 Å². The average molecular weight is 334 g/mol. The molecule has 5 heteroatoms. The summed E-state index contributed by atoms with van der Waals surface area (Å²) in [6.45, 7) is 7.80. The number of carbonyl (C=O) groups excluding carboxylic acids is 1. The Labute approximate surface area is 145 Å². The first-order valence-corrected chi connectivity index (χ1v) is 8.70. The van der Waals surface area contributed by atoms with Gasteiger partial charge >= 0.3 is 0 Å². The lowest BCUT2D eigenvalue weighted by Crippen LogP contribution is -2.47. The number of aryl methyl sites for hydroxylation is 2. The van der Waals surface area contributed by atoms with Crippen LogP contribution in [0.25, 0.3) is 0 Å². The van der Waals surface area contributed by atoms with E-state index in [4.69, 9.17) is 9.47 Å². The number of ether oxygens (including phenoxy) is 2. The number of hydrogen-bond donors (Lipinski definition) is 2. The van der Waals surface area contributed by atoms with Crippen molar-refractivity contribution in [2.45, 2.75) is 33.1 Å². The number of amides is 1. The summed E-state index contributed by atoms with van der Waals surface area (Å²) in [6.07, 6.45) is 2.43. The van der Waals surface area contributed by atoms with Gasteiger partial charge in [-0.05, 0) is 63.0 Å². The van der Waals surface area contributed by atoms with Crippen molar-refractivity contribution in [2.24, 2.45) is 5.41 Å². The molecule has 24 heavy (non-hydrogen) atoms. The molecule has 0 saturated carbocycles. The summed E-state index contributed by atoms with van der Waals surface area (Å²) in [7, 11) is 1.73. The fraction of sp³-hybridized carbons (Fsp3) is 0.632. The summed E-state index contributed by atoms with van der Waals surface area (Å²) in [5.74, 6) is 0.864. The molecule has 1 aromatic rings. The van der Waals surface area contributed by atoms with Crippen LogP contribution in [0.5, 0.6) is 5.75 Å². The predicted molar refractivity (Wildman–Crippen MR) is 95.5 cm³/mol. The van der Waals surface area contributed by atoms with Crippen LogP contribution in [0.2, 0.25) is 0 Å². The molecule has 1 saturated heterocycles. The molecule has 0 aromatic heterocycles. The second-order valence-electron chi connectivity index (χ2n) is 6.88. The second kappa shape index (κ2) is 9.04. The highest BCUT2D eigenvalue weighted by atomic mass is 16.5. The van der Waals surface area contributed by atoms with E-state index in [1.54, 1.807) is 7.11 Å². The van der Waals surface area contributed by atoms with Crippen LogP contribution in [0.15, 0.2) is 18.2 Å². The number of rotatable bonds is 8. The number of hydrogen-bond acceptors (Lipinski definition) is 4. The molecule has 2 rings (SSSR count). The minimum absolute atomic E-state index is 0.0355. The lowest BCUT2D eigenvalue weighted by molar-refractivity contribution is -0.122. The zero-order valence-corrected chi connectivity index (χ0v) is 15.1. The van der Waals surface area contributed by atoms with Gasteiger partial charge in [-0.15, -0.1) is 0 Å². The van der Waals surface area contributed by atoms with E-state index in [1.807, 2.05) is 26.0 Å². The van der Waals surface area contributed by atoms with Crippen LogP contribution >= 0.6 is 0 Å². The van der Waals surface area contributed by atoms with Crippen LogP contribution in [0.3, 0.4) is 0 Å².